The van der Waals surface area contributed by atoms with Crippen molar-refractivity contribution in [1.82, 2.24) is 4.98 Å². The summed E-state index contributed by atoms with van der Waals surface area (Å²) in [6.45, 7) is 0.709. The monoisotopic (exact) mass is 296 g/mol. The van der Waals surface area contributed by atoms with E-state index in [2.05, 4.69) is 4.98 Å². The van der Waals surface area contributed by atoms with E-state index in [1.807, 2.05) is 30.3 Å². The van der Waals surface area contributed by atoms with Gasteiger partial charge in [-0.3, -0.25) is 4.98 Å². The lowest BCUT2D eigenvalue weighted by Crippen LogP contribution is -2.21. The highest BCUT2D eigenvalue weighted by molar-refractivity contribution is 7.89. The third-order valence-electron chi connectivity index (χ3n) is 2.59. The Bertz CT molecular complexity index is 673. The molecule has 0 spiro atoms. The molecule has 0 aliphatic carbocycles. The Labute approximate surface area is 117 Å². The van der Waals surface area contributed by atoms with Crippen LogP contribution in [-0.4, -0.2) is 39.0 Å². The first kappa shape index (κ1) is 14.7. The van der Waals surface area contributed by atoms with Crippen molar-refractivity contribution >= 4 is 20.9 Å². The molecule has 108 valence electrons. The summed E-state index contributed by atoms with van der Waals surface area (Å²) in [4.78, 5) is 4.23. The van der Waals surface area contributed by atoms with Crippen molar-refractivity contribution in [2.45, 2.75) is 0 Å². The molecule has 2 rings (SSSR count). The summed E-state index contributed by atoms with van der Waals surface area (Å²) in [5.74, 6) is 0.513. The van der Waals surface area contributed by atoms with Gasteiger partial charge in [-0.05, 0) is 18.2 Å². The summed E-state index contributed by atoms with van der Waals surface area (Å²) in [6, 6.07) is 9.48. The first-order valence-electron chi connectivity index (χ1n) is 6.10. The van der Waals surface area contributed by atoms with Gasteiger partial charge in [0, 0.05) is 17.6 Å². The zero-order valence-corrected chi connectivity index (χ0v) is 11.7. The summed E-state index contributed by atoms with van der Waals surface area (Å²) < 4.78 is 32.0. The van der Waals surface area contributed by atoms with Crippen LogP contribution in [-0.2, 0) is 14.8 Å². The molecule has 0 saturated heterocycles. The van der Waals surface area contributed by atoms with E-state index in [1.54, 1.807) is 6.20 Å². The van der Waals surface area contributed by atoms with Crippen LogP contribution in [0.3, 0.4) is 0 Å². The zero-order chi connectivity index (χ0) is 14.4. The average Bonchev–Trinajstić information content (AvgIpc) is 2.41. The molecule has 20 heavy (non-hydrogen) atoms. The highest BCUT2D eigenvalue weighted by atomic mass is 32.2. The van der Waals surface area contributed by atoms with Gasteiger partial charge in [-0.2, -0.15) is 0 Å². The minimum Gasteiger partial charge on any atom is -0.491 e. The molecule has 1 aromatic carbocycles. The maximum absolute atomic E-state index is 10.7. The smallest absolute Gasteiger partial charge is 0.211 e. The van der Waals surface area contributed by atoms with Gasteiger partial charge in [-0.1, -0.05) is 6.07 Å². The number of benzene rings is 1. The van der Waals surface area contributed by atoms with Crippen LogP contribution < -0.4 is 9.88 Å². The molecular weight excluding hydrogens is 280 g/mol. The van der Waals surface area contributed by atoms with E-state index < -0.39 is 10.0 Å². The summed E-state index contributed by atoms with van der Waals surface area (Å²) in [5.41, 5.74) is 0.861. The molecule has 0 fully saturated rings. The van der Waals surface area contributed by atoms with Crippen molar-refractivity contribution in [3.05, 3.63) is 36.5 Å². The maximum atomic E-state index is 10.7. The van der Waals surface area contributed by atoms with Gasteiger partial charge in [0.2, 0.25) is 10.0 Å². The third-order valence-corrected chi connectivity index (χ3v) is 3.32. The van der Waals surface area contributed by atoms with Crippen molar-refractivity contribution in [2.24, 2.45) is 5.14 Å². The lowest BCUT2D eigenvalue weighted by molar-refractivity contribution is 0.111. The molecule has 2 aromatic rings. The van der Waals surface area contributed by atoms with Crippen molar-refractivity contribution < 1.29 is 17.9 Å². The minimum atomic E-state index is -3.46. The second-order valence-electron chi connectivity index (χ2n) is 4.19. The Morgan fingerprint density at radius 3 is 2.80 bits per heavy atom. The Kier molecular flexibility index (Phi) is 4.89. The highest BCUT2D eigenvalue weighted by Gasteiger charge is 2.02. The van der Waals surface area contributed by atoms with Crippen molar-refractivity contribution in [1.29, 1.82) is 0 Å². The van der Waals surface area contributed by atoms with Gasteiger partial charge in [0.15, 0.2) is 0 Å². The average molecular weight is 296 g/mol. The fourth-order valence-corrected chi connectivity index (χ4v) is 1.98. The Morgan fingerprint density at radius 2 is 2.00 bits per heavy atom. The molecule has 1 aromatic heterocycles. The lowest BCUT2D eigenvalue weighted by atomic mass is 10.2. The topological polar surface area (TPSA) is 91.5 Å². The van der Waals surface area contributed by atoms with Gasteiger partial charge in [0.05, 0.1) is 24.5 Å². The molecular formula is C13H16N2O4S. The van der Waals surface area contributed by atoms with Gasteiger partial charge in [-0.15, -0.1) is 0 Å². The Balaban J connectivity index is 1.76. The normalized spacial score (nSPS) is 11.7. The molecule has 2 N–H and O–H groups in total. The molecule has 6 nitrogen and oxygen atoms in total. The number of sulfonamides is 1. The summed E-state index contributed by atoms with van der Waals surface area (Å²) in [5, 5.41) is 5.89. The van der Waals surface area contributed by atoms with Crippen LogP contribution in [0.4, 0.5) is 0 Å². The van der Waals surface area contributed by atoms with Gasteiger partial charge >= 0.3 is 0 Å². The second kappa shape index (κ2) is 6.65. The predicted octanol–water partition coefficient (Wildman–Crippen LogP) is 0.919. The van der Waals surface area contributed by atoms with E-state index in [0.29, 0.717) is 19.0 Å². The first-order chi connectivity index (χ1) is 9.54. The molecule has 0 radical (unpaired) electrons. The van der Waals surface area contributed by atoms with Crippen molar-refractivity contribution in [2.75, 3.05) is 25.6 Å². The third kappa shape index (κ3) is 4.76. The van der Waals surface area contributed by atoms with Crippen LogP contribution in [0.15, 0.2) is 36.5 Å². The van der Waals surface area contributed by atoms with Gasteiger partial charge in [0.25, 0.3) is 0 Å². The van der Waals surface area contributed by atoms with Crippen LogP contribution in [0.5, 0.6) is 5.75 Å². The number of nitrogens with zero attached hydrogens (tertiary/aromatic N) is 1. The maximum Gasteiger partial charge on any atom is 0.211 e. The number of primary sulfonamides is 1. The van der Waals surface area contributed by atoms with Gasteiger partial charge in [0.1, 0.15) is 12.4 Å². The van der Waals surface area contributed by atoms with Gasteiger partial charge in [-0.25, -0.2) is 13.6 Å². The molecule has 0 unspecified atom stereocenters. The second-order valence-corrected chi connectivity index (χ2v) is 5.92. The molecule has 0 saturated carbocycles. The fraction of sp³-hybridized carbons (Fsp3) is 0.308. The number of pyridine rings is 1. The van der Waals surface area contributed by atoms with Crippen LogP contribution in [0.2, 0.25) is 0 Å². The van der Waals surface area contributed by atoms with E-state index in [9.17, 15) is 8.42 Å². The minimum absolute atomic E-state index is 0.0709. The number of fused-ring (bicyclic) bond motifs is 1. The molecule has 0 aliphatic rings. The number of rotatable bonds is 7. The number of hydrogen-bond acceptors (Lipinski definition) is 5. The van der Waals surface area contributed by atoms with E-state index in [-0.39, 0.29) is 12.4 Å². The van der Waals surface area contributed by atoms with Crippen LogP contribution in [0.1, 0.15) is 0 Å². The van der Waals surface area contributed by atoms with E-state index in [4.69, 9.17) is 14.6 Å². The lowest BCUT2D eigenvalue weighted by Gasteiger charge is -2.07. The van der Waals surface area contributed by atoms with Crippen LogP contribution in [0.25, 0.3) is 10.9 Å². The SMILES string of the molecule is NS(=O)(=O)CCOCCOc1ccc2cccnc2c1. The number of hydrogen-bond donors (Lipinski definition) is 1. The van der Waals surface area contributed by atoms with Crippen molar-refractivity contribution in [3.63, 3.8) is 0 Å². The molecule has 0 amide bonds. The first-order valence-corrected chi connectivity index (χ1v) is 7.82. The predicted molar refractivity (Wildman–Crippen MR) is 76.0 cm³/mol. The summed E-state index contributed by atoms with van der Waals surface area (Å²) in [6.07, 6.45) is 1.72. The highest BCUT2D eigenvalue weighted by Crippen LogP contribution is 2.18. The van der Waals surface area contributed by atoms with Crippen molar-refractivity contribution in [3.8, 4) is 5.75 Å². The molecule has 1 heterocycles. The standard InChI is InChI=1S/C13H16N2O4S/c14-20(16,17)9-8-18-6-7-19-12-4-3-11-2-1-5-15-13(11)10-12/h1-5,10H,6-9H2,(H2,14,16,17). The molecule has 0 aliphatic heterocycles. The molecule has 7 heteroatoms. The fourth-order valence-electron chi connectivity index (χ4n) is 1.63. The Hall–Kier alpha value is -1.70. The van der Waals surface area contributed by atoms with E-state index in [0.717, 1.165) is 10.9 Å². The van der Waals surface area contributed by atoms with Gasteiger partial charge < -0.3 is 9.47 Å². The number of nitrogens with two attached hydrogens (primary N) is 1. The zero-order valence-electron chi connectivity index (χ0n) is 10.9. The quantitative estimate of drug-likeness (QED) is 0.767. The molecule has 0 atom stereocenters. The number of ether oxygens (including phenoxy) is 2. The Morgan fingerprint density at radius 1 is 1.15 bits per heavy atom. The largest absolute Gasteiger partial charge is 0.491 e. The number of aromatic nitrogens is 1. The molecule has 0 bridgehead atoms. The summed E-state index contributed by atoms with van der Waals surface area (Å²) in [7, 11) is -3.46. The van der Waals surface area contributed by atoms with Crippen LogP contribution >= 0.6 is 0 Å². The summed E-state index contributed by atoms with van der Waals surface area (Å²) >= 11 is 0. The van der Waals surface area contributed by atoms with E-state index in [1.165, 1.54) is 0 Å². The van der Waals surface area contributed by atoms with Crippen LogP contribution in [0, 0.1) is 0 Å². The van der Waals surface area contributed by atoms with E-state index >= 15 is 0 Å².